The molecule has 5 heteroatoms. The van der Waals surface area contributed by atoms with E-state index in [2.05, 4.69) is 0 Å². The molecule has 1 aromatic heterocycles. The van der Waals surface area contributed by atoms with E-state index < -0.39 is 5.97 Å². The first kappa shape index (κ1) is 14.7. The van der Waals surface area contributed by atoms with E-state index in [0.717, 1.165) is 5.56 Å². The van der Waals surface area contributed by atoms with Crippen molar-refractivity contribution in [3.05, 3.63) is 22.4 Å². The molecule has 0 aliphatic heterocycles. The van der Waals surface area contributed by atoms with Crippen LogP contribution in [0, 0.1) is 0 Å². The summed E-state index contributed by atoms with van der Waals surface area (Å²) in [5, 5.41) is 12.0. The standard InChI is InChI=1S/C6H6O2S.2Na.2H/c7-6(8)3-5-1-2-9-4-5;;;;/h1-2,4H,3H2,(H,7,8);;;;/q;2*+1;2*-1. The molecule has 0 aliphatic rings. The van der Waals surface area contributed by atoms with Crippen molar-refractivity contribution in [2.24, 2.45) is 0 Å². The Morgan fingerprint density at radius 1 is 1.64 bits per heavy atom. The minimum Gasteiger partial charge on any atom is -1.00 e. The van der Waals surface area contributed by atoms with Crippen LogP contribution in [-0.2, 0) is 11.2 Å². The summed E-state index contributed by atoms with van der Waals surface area (Å²) in [7, 11) is 0. The Kier molecular flexibility index (Phi) is 10.4. The summed E-state index contributed by atoms with van der Waals surface area (Å²) >= 11 is 1.52. The second-order valence-electron chi connectivity index (χ2n) is 1.70. The maximum atomic E-state index is 10.1. The summed E-state index contributed by atoms with van der Waals surface area (Å²) in [6, 6.07) is 1.82. The summed E-state index contributed by atoms with van der Waals surface area (Å²) in [6.07, 6.45) is 0.142. The molecule has 1 N–H and O–H groups in total. The largest absolute Gasteiger partial charge is 1.00 e. The molecule has 0 atom stereocenters. The first-order chi connectivity index (χ1) is 4.29. The van der Waals surface area contributed by atoms with Crippen LogP contribution < -0.4 is 59.1 Å². The van der Waals surface area contributed by atoms with Crippen LogP contribution in [0.1, 0.15) is 8.42 Å². The van der Waals surface area contributed by atoms with Gasteiger partial charge in [0.25, 0.3) is 0 Å². The van der Waals surface area contributed by atoms with Gasteiger partial charge in [-0.25, -0.2) is 0 Å². The van der Waals surface area contributed by atoms with Gasteiger partial charge in [-0.15, -0.1) is 0 Å². The van der Waals surface area contributed by atoms with Crippen molar-refractivity contribution < 1.29 is 71.9 Å². The van der Waals surface area contributed by atoms with Gasteiger partial charge in [0.2, 0.25) is 0 Å². The second-order valence-corrected chi connectivity index (χ2v) is 2.48. The van der Waals surface area contributed by atoms with Crippen LogP contribution in [0.4, 0.5) is 0 Å². The SMILES string of the molecule is O=C(O)Cc1ccsc1.[H-].[H-].[Na+].[Na+]. The van der Waals surface area contributed by atoms with E-state index in [1.807, 2.05) is 16.8 Å². The zero-order valence-corrected chi connectivity index (χ0v) is 11.5. The first-order valence-corrected chi connectivity index (χ1v) is 3.46. The number of hydrogen-bond acceptors (Lipinski definition) is 2. The van der Waals surface area contributed by atoms with Gasteiger partial charge in [-0.2, -0.15) is 11.3 Å². The monoisotopic (exact) mass is 190 g/mol. The van der Waals surface area contributed by atoms with E-state index in [-0.39, 0.29) is 68.4 Å². The maximum absolute atomic E-state index is 10.1. The topological polar surface area (TPSA) is 37.3 Å². The fourth-order valence-corrected chi connectivity index (χ4v) is 1.24. The van der Waals surface area contributed by atoms with Crippen molar-refractivity contribution in [1.82, 2.24) is 0 Å². The van der Waals surface area contributed by atoms with Crippen LogP contribution >= 0.6 is 11.3 Å². The molecule has 0 aliphatic carbocycles. The molecule has 1 heterocycles. The fourth-order valence-electron chi connectivity index (χ4n) is 0.568. The molecule has 0 bridgehead atoms. The molecule has 52 valence electrons. The van der Waals surface area contributed by atoms with Crippen LogP contribution in [0.5, 0.6) is 0 Å². The van der Waals surface area contributed by atoms with Crippen LogP contribution in [0.15, 0.2) is 16.8 Å². The zero-order chi connectivity index (χ0) is 6.69. The third-order valence-corrected chi connectivity index (χ3v) is 1.67. The Bertz CT molecular complexity index is 206. The normalized spacial score (nSPS) is 7.64. The average molecular weight is 190 g/mol. The molecule has 0 amide bonds. The summed E-state index contributed by atoms with van der Waals surface area (Å²) < 4.78 is 0. The van der Waals surface area contributed by atoms with E-state index in [9.17, 15) is 4.79 Å². The number of carboxylic acid groups (broad SMARTS) is 1. The Hall–Kier alpha value is 1.17. The van der Waals surface area contributed by atoms with Gasteiger partial charge >= 0.3 is 65.1 Å². The van der Waals surface area contributed by atoms with Crippen molar-refractivity contribution in [3.8, 4) is 0 Å². The smallest absolute Gasteiger partial charge is 1.00 e. The molecule has 2 nitrogen and oxygen atoms in total. The van der Waals surface area contributed by atoms with Crippen molar-refractivity contribution in [1.29, 1.82) is 0 Å². The third-order valence-electron chi connectivity index (χ3n) is 0.935. The van der Waals surface area contributed by atoms with Gasteiger partial charge in [0, 0.05) is 0 Å². The number of hydrogen-bond donors (Lipinski definition) is 1. The number of thiophene rings is 1. The zero-order valence-electron chi connectivity index (χ0n) is 8.70. The van der Waals surface area contributed by atoms with E-state index in [0.29, 0.717) is 0 Å². The van der Waals surface area contributed by atoms with E-state index >= 15 is 0 Å². The van der Waals surface area contributed by atoms with Gasteiger partial charge in [0.15, 0.2) is 0 Å². The van der Waals surface area contributed by atoms with Crippen LogP contribution in [-0.4, -0.2) is 11.1 Å². The molecule has 0 fully saturated rings. The minimum absolute atomic E-state index is 0. The molecule has 1 aromatic rings. The van der Waals surface area contributed by atoms with Crippen LogP contribution in [0.3, 0.4) is 0 Å². The van der Waals surface area contributed by atoms with Gasteiger partial charge in [-0.1, -0.05) is 0 Å². The number of aliphatic carboxylic acids is 1. The van der Waals surface area contributed by atoms with Gasteiger partial charge in [0.05, 0.1) is 6.42 Å². The number of carboxylic acids is 1. The Labute approximate surface area is 117 Å². The van der Waals surface area contributed by atoms with Gasteiger partial charge in [-0.3, -0.25) is 4.79 Å². The van der Waals surface area contributed by atoms with Gasteiger partial charge in [-0.05, 0) is 22.4 Å². The van der Waals surface area contributed by atoms with Crippen molar-refractivity contribution >= 4 is 17.3 Å². The predicted octanol–water partition coefficient (Wildman–Crippen LogP) is -4.39. The molecule has 0 radical (unpaired) electrons. The molecule has 1 rings (SSSR count). The molecule has 0 aromatic carbocycles. The van der Waals surface area contributed by atoms with Crippen molar-refractivity contribution in [2.45, 2.75) is 6.42 Å². The van der Waals surface area contributed by atoms with E-state index in [4.69, 9.17) is 5.11 Å². The Morgan fingerprint density at radius 3 is 2.64 bits per heavy atom. The molecular weight excluding hydrogens is 182 g/mol. The molecular formula is C6H8Na2O2S. The van der Waals surface area contributed by atoms with E-state index in [1.54, 1.807) is 0 Å². The second kappa shape index (κ2) is 7.80. The Morgan fingerprint density at radius 2 is 2.27 bits per heavy atom. The van der Waals surface area contributed by atoms with Crippen molar-refractivity contribution in [3.63, 3.8) is 0 Å². The third kappa shape index (κ3) is 6.34. The first-order valence-electron chi connectivity index (χ1n) is 2.52. The molecule has 0 unspecified atom stereocenters. The summed E-state index contributed by atoms with van der Waals surface area (Å²) in [4.78, 5) is 10.1. The predicted molar refractivity (Wildman–Crippen MR) is 37.9 cm³/mol. The molecule has 0 saturated heterocycles. The quantitative estimate of drug-likeness (QED) is 0.478. The Balaban J connectivity index is -0.000000101. The fraction of sp³-hybridized carbons (Fsp3) is 0.167. The van der Waals surface area contributed by atoms with Crippen LogP contribution in [0.25, 0.3) is 0 Å². The van der Waals surface area contributed by atoms with Gasteiger partial charge < -0.3 is 7.96 Å². The molecule has 11 heavy (non-hydrogen) atoms. The average Bonchev–Trinajstić information content (AvgIpc) is 2.15. The number of rotatable bonds is 2. The van der Waals surface area contributed by atoms with Gasteiger partial charge in [0.1, 0.15) is 0 Å². The summed E-state index contributed by atoms with van der Waals surface area (Å²) in [5.41, 5.74) is 0.882. The maximum Gasteiger partial charge on any atom is 1.00 e. The van der Waals surface area contributed by atoms with Crippen molar-refractivity contribution in [2.75, 3.05) is 0 Å². The van der Waals surface area contributed by atoms with E-state index in [1.165, 1.54) is 11.3 Å². The molecule has 0 saturated carbocycles. The van der Waals surface area contributed by atoms with Crippen LogP contribution in [0.2, 0.25) is 0 Å². The molecule has 0 spiro atoms. The number of carbonyl (C=O) groups is 1. The summed E-state index contributed by atoms with van der Waals surface area (Å²) in [5.74, 6) is -0.770. The summed E-state index contributed by atoms with van der Waals surface area (Å²) in [6.45, 7) is 0. The minimum atomic E-state index is -0.770.